The maximum Gasteiger partial charge on any atom is 0.269 e. The van der Waals surface area contributed by atoms with E-state index in [9.17, 15) is 18.8 Å². The average Bonchev–Trinajstić information content (AvgIpc) is 3.05. The van der Waals surface area contributed by atoms with E-state index in [-0.39, 0.29) is 11.5 Å². The van der Waals surface area contributed by atoms with Crippen molar-refractivity contribution in [1.82, 2.24) is 10.4 Å². The van der Waals surface area contributed by atoms with Gasteiger partial charge < -0.3 is 5.32 Å². The lowest BCUT2D eigenvalue weighted by Crippen LogP contribution is -2.49. The normalized spacial score (nSPS) is 15.4. The van der Waals surface area contributed by atoms with Gasteiger partial charge in [-0.2, -0.15) is 0 Å². The Labute approximate surface area is 205 Å². The standard InChI is InChI=1S/C24H18ClFN4O3S/c25-16-6-10-18(11-7-16)27-21(31)14-20-23(33)29(19-12-8-17(26)9-13-19)24(34)30(20)28-22(32)15-4-2-1-3-5-15/h1-13,20H,14H2,(H,27,31)(H,28,32). The lowest BCUT2D eigenvalue weighted by molar-refractivity contribution is -0.124. The van der Waals surface area contributed by atoms with Crippen LogP contribution in [-0.4, -0.2) is 33.9 Å². The van der Waals surface area contributed by atoms with Crippen molar-refractivity contribution in [2.45, 2.75) is 12.5 Å². The molecule has 1 atom stereocenters. The van der Waals surface area contributed by atoms with Gasteiger partial charge in [0.1, 0.15) is 11.9 Å². The third kappa shape index (κ3) is 5.05. The zero-order valence-corrected chi connectivity index (χ0v) is 19.1. The minimum absolute atomic E-state index is 0.0369. The third-order valence-corrected chi connectivity index (χ3v) is 5.70. The fraction of sp³-hybridized carbons (Fsp3) is 0.0833. The van der Waals surface area contributed by atoms with E-state index >= 15 is 0 Å². The number of nitrogens with zero attached hydrogens (tertiary/aromatic N) is 2. The number of rotatable bonds is 6. The van der Waals surface area contributed by atoms with Gasteiger partial charge in [-0.1, -0.05) is 29.8 Å². The molecule has 0 aliphatic carbocycles. The van der Waals surface area contributed by atoms with Gasteiger partial charge in [-0.15, -0.1) is 0 Å². The molecule has 1 unspecified atom stereocenters. The topological polar surface area (TPSA) is 81.8 Å². The summed E-state index contributed by atoms with van der Waals surface area (Å²) in [5.74, 6) is -1.98. The van der Waals surface area contributed by atoms with Crippen LogP contribution in [0.15, 0.2) is 78.9 Å². The molecule has 7 nitrogen and oxygen atoms in total. The Morgan fingerprint density at radius 1 is 0.971 bits per heavy atom. The van der Waals surface area contributed by atoms with Gasteiger partial charge in [0, 0.05) is 16.3 Å². The summed E-state index contributed by atoms with van der Waals surface area (Å²) in [6.45, 7) is 0. The van der Waals surface area contributed by atoms with E-state index < -0.39 is 29.6 Å². The molecule has 3 amide bonds. The van der Waals surface area contributed by atoms with E-state index in [1.165, 1.54) is 34.2 Å². The lowest BCUT2D eigenvalue weighted by atomic mass is 10.1. The molecule has 10 heteroatoms. The first-order valence-corrected chi connectivity index (χ1v) is 11.0. The molecule has 172 valence electrons. The van der Waals surface area contributed by atoms with E-state index in [0.29, 0.717) is 22.0 Å². The molecule has 1 aliphatic rings. The molecule has 0 radical (unpaired) electrons. The molecule has 4 rings (SSSR count). The molecule has 0 saturated carbocycles. The van der Waals surface area contributed by atoms with Gasteiger partial charge >= 0.3 is 0 Å². The van der Waals surface area contributed by atoms with E-state index in [4.69, 9.17) is 23.8 Å². The van der Waals surface area contributed by atoms with Crippen LogP contribution in [-0.2, 0) is 9.59 Å². The van der Waals surface area contributed by atoms with Crippen molar-refractivity contribution >= 4 is 58.0 Å². The number of benzene rings is 3. The van der Waals surface area contributed by atoms with Crippen molar-refractivity contribution in [3.05, 3.63) is 95.3 Å². The highest BCUT2D eigenvalue weighted by Gasteiger charge is 2.45. The van der Waals surface area contributed by atoms with Crippen molar-refractivity contribution in [3.8, 4) is 0 Å². The fourth-order valence-corrected chi connectivity index (χ4v) is 3.91. The number of hydrazine groups is 1. The SMILES string of the molecule is O=C(CC1C(=O)N(c2ccc(F)cc2)C(=S)N1NC(=O)c1ccccc1)Nc1ccc(Cl)cc1. The van der Waals surface area contributed by atoms with E-state index in [1.807, 2.05) is 0 Å². The average molecular weight is 497 g/mol. The van der Waals surface area contributed by atoms with Gasteiger partial charge in [-0.05, 0) is 72.9 Å². The van der Waals surface area contributed by atoms with Crippen LogP contribution in [0.2, 0.25) is 5.02 Å². The second-order valence-electron chi connectivity index (χ2n) is 7.38. The third-order valence-electron chi connectivity index (χ3n) is 5.06. The molecule has 1 heterocycles. The largest absolute Gasteiger partial charge is 0.326 e. The molecule has 2 N–H and O–H groups in total. The summed E-state index contributed by atoms with van der Waals surface area (Å²) in [7, 11) is 0. The number of halogens is 2. The van der Waals surface area contributed by atoms with Crippen molar-refractivity contribution < 1.29 is 18.8 Å². The summed E-state index contributed by atoms with van der Waals surface area (Å²) < 4.78 is 13.4. The van der Waals surface area contributed by atoms with E-state index in [0.717, 1.165) is 0 Å². The van der Waals surface area contributed by atoms with Gasteiger partial charge in [0.2, 0.25) is 11.0 Å². The maximum atomic E-state index is 13.4. The number of thiocarbonyl (C=S) groups is 1. The second kappa shape index (κ2) is 9.98. The van der Waals surface area contributed by atoms with Gasteiger partial charge in [0.25, 0.3) is 11.8 Å². The van der Waals surface area contributed by atoms with Gasteiger partial charge in [-0.3, -0.25) is 24.7 Å². The summed E-state index contributed by atoms with van der Waals surface area (Å²) in [5, 5.41) is 4.37. The first-order chi connectivity index (χ1) is 16.3. The van der Waals surface area contributed by atoms with Crippen LogP contribution in [0, 0.1) is 5.82 Å². The smallest absolute Gasteiger partial charge is 0.269 e. The van der Waals surface area contributed by atoms with E-state index in [1.54, 1.807) is 54.6 Å². The number of carbonyl (C=O) groups is 3. The highest BCUT2D eigenvalue weighted by atomic mass is 35.5. The van der Waals surface area contributed by atoms with Crippen molar-refractivity contribution in [1.29, 1.82) is 0 Å². The van der Waals surface area contributed by atoms with Crippen LogP contribution < -0.4 is 15.6 Å². The zero-order chi connectivity index (χ0) is 24.2. The molecule has 34 heavy (non-hydrogen) atoms. The molecule has 1 aliphatic heterocycles. The predicted molar refractivity (Wildman–Crippen MR) is 131 cm³/mol. The Kier molecular flexibility index (Phi) is 6.85. The van der Waals surface area contributed by atoms with Crippen molar-refractivity contribution in [3.63, 3.8) is 0 Å². The Hall–Kier alpha value is -3.82. The van der Waals surface area contributed by atoms with Crippen LogP contribution in [0.5, 0.6) is 0 Å². The highest BCUT2D eigenvalue weighted by molar-refractivity contribution is 7.80. The fourth-order valence-electron chi connectivity index (χ4n) is 3.41. The quantitative estimate of drug-likeness (QED) is 0.501. The summed E-state index contributed by atoms with van der Waals surface area (Å²) in [6.07, 6.45) is -0.297. The molecule has 1 saturated heterocycles. The second-order valence-corrected chi connectivity index (χ2v) is 8.19. The summed E-state index contributed by atoms with van der Waals surface area (Å²) in [4.78, 5) is 40.0. The van der Waals surface area contributed by atoms with Gasteiger partial charge in [-0.25, -0.2) is 9.40 Å². The minimum atomic E-state index is -1.11. The maximum absolute atomic E-state index is 13.4. The number of nitrogens with one attached hydrogen (secondary N) is 2. The Balaban J connectivity index is 1.59. The number of carbonyl (C=O) groups excluding carboxylic acids is 3. The van der Waals surface area contributed by atoms with Crippen molar-refractivity contribution in [2.75, 3.05) is 10.2 Å². The minimum Gasteiger partial charge on any atom is -0.326 e. The number of hydrogen-bond acceptors (Lipinski definition) is 4. The first-order valence-electron chi connectivity index (χ1n) is 10.2. The van der Waals surface area contributed by atoms with Crippen LogP contribution in [0.25, 0.3) is 0 Å². The molecule has 0 aromatic heterocycles. The molecular weight excluding hydrogens is 479 g/mol. The lowest BCUT2D eigenvalue weighted by Gasteiger charge is -2.24. The number of amides is 3. The molecule has 3 aromatic carbocycles. The number of anilines is 2. The van der Waals surface area contributed by atoms with E-state index in [2.05, 4.69) is 10.7 Å². The molecule has 3 aromatic rings. The van der Waals surface area contributed by atoms with Crippen LogP contribution in [0.4, 0.5) is 15.8 Å². The first kappa shape index (κ1) is 23.3. The molecule has 0 spiro atoms. The summed E-state index contributed by atoms with van der Waals surface area (Å²) in [6, 6.07) is 18.9. The van der Waals surface area contributed by atoms with Crippen LogP contribution in [0.1, 0.15) is 16.8 Å². The Morgan fingerprint density at radius 2 is 1.62 bits per heavy atom. The Bertz CT molecular complexity index is 1240. The predicted octanol–water partition coefficient (Wildman–Crippen LogP) is 4.16. The Morgan fingerprint density at radius 3 is 2.26 bits per heavy atom. The number of hydrogen-bond donors (Lipinski definition) is 2. The van der Waals surface area contributed by atoms with Gasteiger partial charge in [0.15, 0.2) is 0 Å². The summed E-state index contributed by atoms with van der Waals surface area (Å²) >= 11 is 11.3. The monoisotopic (exact) mass is 496 g/mol. The van der Waals surface area contributed by atoms with Crippen LogP contribution in [0.3, 0.4) is 0 Å². The summed E-state index contributed by atoms with van der Waals surface area (Å²) in [5.41, 5.74) is 3.80. The molecular formula is C24H18ClFN4O3S. The van der Waals surface area contributed by atoms with Crippen LogP contribution >= 0.6 is 23.8 Å². The zero-order valence-electron chi connectivity index (χ0n) is 17.6. The van der Waals surface area contributed by atoms with Crippen molar-refractivity contribution in [2.24, 2.45) is 0 Å². The highest BCUT2D eigenvalue weighted by Crippen LogP contribution is 2.27. The van der Waals surface area contributed by atoms with Gasteiger partial charge in [0.05, 0.1) is 12.1 Å². The molecule has 1 fully saturated rings. The molecule has 0 bridgehead atoms.